The molecule has 0 saturated heterocycles. The maximum atomic E-state index is 5.38. The molecule has 120 valence electrons. The number of allylic oxidation sites excluding steroid dienone is 3. The summed E-state index contributed by atoms with van der Waals surface area (Å²) in [4.78, 5) is 0. The van der Waals surface area contributed by atoms with Crippen LogP contribution in [-0.2, 0) is 0 Å². The zero-order valence-corrected chi connectivity index (χ0v) is 13.0. The van der Waals surface area contributed by atoms with Gasteiger partial charge in [-0.3, -0.25) is 0 Å². The summed E-state index contributed by atoms with van der Waals surface area (Å²) in [5.41, 5.74) is 5.38. The predicted octanol–water partition coefficient (Wildman–Crippen LogP) is -0.561. The maximum Gasteiger partial charge on any atom is 0.00772 e. The fourth-order valence-corrected chi connectivity index (χ4v) is 1.60. The molecule has 0 fully saturated rings. The van der Waals surface area contributed by atoms with Gasteiger partial charge < -0.3 is 27.0 Å². The fourth-order valence-electron chi connectivity index (χ4n) is 1.60. The smallest absolute Gasteiger partial charge is 0.00772 e. The normalized spacial score (nSPS) is 11.4. The van der Waals surface area contributed by atoms with E-state index < -0.39 is 0 Å². The number of nitrogens with one attached hydrogen (secondary N) is 4. The van der Waals surface area contributed by atoms with Gasteiger partial charge in [-0.25, -0.2) is 0 Å². The molecule has 0 aromatic heterocycles. The van der Waals surface area contributed by atoms with E-state index in [0.29, 0.717) is 6.54 Å². The van der Waals surface area contributed by atoms with Crippen molar-refractivity contribution in [2.24, 2.45) is 5.73 Å². The van der Waals surface area contributed by atoms with Crippen LogP contribution < -0.4 is 27.0 Å². The molecule has 0 rings (SSSR count). The van der Waals surface area contributed by atoms with Gasteiger partial charge in [-0.05, 0) is 19.0 Å². The third-order valence-electron chi connectivity index (χ3n) is 2.68. The molecule has 21 heavy (non-hydrogen) atoms. The first kappa shape index (κ1) is 19.8. The first-order valence-electron chi connectivity index (χ1n) is 7.72. The van der Waals surface area contributed by atoms with Crippen LogP contribution in [0.15, 0.2) is 24.3 Å². The summed E-state index contributed by atoms with van der Waals surface area (Å²) in [7, 11) is 0. The summed E-state index contributed by atoms with van der Waals surface area (Å²) < 4.78 is 0. The Balaban J connectivity index is 3.04. The Hall–Kier alpha value is -1.16. The molecule has 0 spiro atoms. The molecule has 5 nitrogen and oxygen atoms in total. The lowest BCUT2D eigenvalue weighted by Gasteiger charge is -2.07. The highest BCUT2D eigenvalue weighted by Gasteiger charge is 1.89. The van der Waals surface area contributed by atoms with Gasteiger partial charge in [-0.2, -0.15) is 0 Å². The molecule has 0 bridgehead atoms. The first-order chi connectivity index (χ1) is 10.4. The molecule has 0 heterocycles. The second-order valence-electron chi connectivity index (χ2n) is 4.53. The van der Waals surface area contributed by atoms with Gasteiger partial charge in [0.05, 0.1) is 0 Å². The van der Waals surface area contributed by atoms with Gasteiger partial charge in [0.15, 0.2) is 0 Å². The van der Waals surface area contributed by atoms with Crippen LogP contribution in [0.5, 0.6) is 0 Å². The topological polar surface area (TPSA) is 74.1 Å². The van der Waals surface area contributed by atoms with Crippen LogP contribution in [0.2, 0.25) is 0 Å². The quantitative estimate of drug-likeness (QED) is 0.159. The lowest BCUT2D eigenvalue weighted by atomic mass is 10.3. The van der Waals surface area contributed by atoms with Crippen molar-refractivity contribution < 1.29 is 0 Å². The average molecular weight is 293 g/mol. The highest BCUT2D eigenvalue weighted by molar-refractivity contribution is 5.15. The number of hydrogen-bond acceptors (Lipinski definition) is 5. The van der Waals surface area contributed by atoms with Crippen LogP contribution in [0.1, 0.15) is 6.42 Å². The summed E-state index contributed by atoms with van der Waals surface area (Å²) in [6.45, 7) is 8.52. The van der Waals surface area contributed by atoms with E-state index in [4.69, 9.17) is 12.2 Å². The van der Waals surface area contributed by atoms with Crippen LogP contribution in [0.3, 0.4) is 0 Å². The molecule has 0 unspecified atom stereocenters. The second-order valence-corrected chi connectivity index (χ2v) is 4.53. The highest BCUT2D eigenvalue weighted by atomic mass is 15.0. The third kappa shape index (κ3) is 18.8. The number of rotatable bonds is 15. The van der Waals surface area contributed by atoms with Gasteiger partial charge in [0, 0.05) is 52.4 Å². The van der Waals surface area contributed by atoms with Crippen molar-refractivity contribution in [2.45, 2.75) is 6.42 Å². The van der Waals surface area contributed by atoms with Crippen molar-refractivity contribution in [3.05, 3.63) is 24.3 Å². The molecule has 5 heteroatoms. The largest absolute Gasteiger partial charge is 0.329 e. The van der Waals surface area contributed by atoms with Crippen molar-refractivity contribution in [2.75, 3.05) is 58.9 Å². The Labute approximate surface area is 129 Å². The zero-order valence-electron chi connectivity index (χ0n) is 13.0. The molecule has 0 amide bonds. The number of terminal acetylenes is 1. The second kappa shape index (κ2) is 18.8. The summed E-state index contributed by atoms with van der Waals surface area (Å²) in [5.74, 6) is 2.45. The lowest BCUT2D eigenvalue weighted by molar-refractivity contribution is 0.569. The Morgan fingerprint density at radius 3 is 1.81 bits per heavy atom. The van der Waals surface area contributed by atoms with Gasteiger partial charge in [0.1, 0.15) is 0 Å². The molecule has 0 saturated carbocycles. The molecular formula is C16H31N5. The van der Waals surface area contributed by atoms with E-state index in [1.54, 1.807) is 6.08 Å². The Bertz CT molecular complexity index is 294. The van der Waals surface area contributed by atoms with Gasteiger partial charge in [0.25, 0.3) is 0 Å². The van der Waals surface area contributed by atoms with Crippen molar-refractivity contribution in [3.63, 3.8) is 0 Å². The molecule has 6 N–H and O–H groups in total. The van der Waals surface area contributed by atoms with Crippen LogP contribution in [0, 0.1) is 12.3 Å². The maximum absolute atomic E-state index is 5.38. The molecule has 0 aliphatic heterocycles. The monoisotopic (exact) mass is 293 g/mol. The Kier molecular flexibility index (Phi) is 17.8. The zero-order chi connectivity index (χ0) is 15.4. The standard InChI is InChI=1S/C16H31N5/c1-2-3-4-5-6-7-9-18-11-13-20-15-16-21-14-12-19-10-8-17/h1,3-6,18-21H,7-17H2. The average Bonchev–Trinajstić information content (AvgIpc) is 2.50. The summed E-state index contributed by atoms with van der Waals surface area (Å²) in [6, 6.07) is 0. The van der Waals surface area contributed by atoms with E-state index in [2.05, 4.69) is 33.3 Å². The molecule has 0 aromatic carbocycles. The van der Waals surface area contributed by atoms with E-state index in [0.717, 1.165) is 58.8 Å². The van der Waals surface area contributed by atoms with Gasteiger partial charge >= 0.3 is 0 Å². The minimum atomic E-state index is 0.700. The first-order valence-corrected chi connectivity index (χ1v) is 7.72. The van der Waals surface area contributed by atoms with E-state index in [1.165, 1.54) is 0 Å². The van der Waals surface area contributed by atoms with Crippen LogP contribution >= 0.6 is 0 Å². The van der Waals surface area contributed by atoms with Crippen molar-refractivity contribution >= 4 is 0 Å². The summed E-state index contributed by atoms with van der Waals surface area (Å²) in [6.07, 6.45) is 13.8. The minimum absolute atomic E-state index is 0.700. The van der Waals surface area contributed by atoms with Crippen molar-refractivity contribution in [3.8, 4) is 12.3 Å². The van der Waals surface area contributed by atoms with Crippen molar-refractivity contribution in [1.82, 2.24) is 21.3 Å². The molecular weight excluding hydrogens is 262 g/mol. The number of hydrogen-bond donors (Lipinski definition) is 5. The Morgan fingerprint density at radius 2 is 1.29 bits per heavy atom. The highest BCUT2D eigenvalue weighted by Crippen LogP contribution is 1.82. The molecule has 0 aliphatic carbocycles. The predicted molar refractivity (Wildman–Crippen MR) is 92.3 cm³/mol. The van der Waals surface area contributed by atoms with E-state index in [-0.39, 0.29) is 0 Å². The van der Waals surface area contributed by atoms with Gasteiger partial charge in [-0.15, -0.1) is 6.42 Å². The fraction of sp³-hybridized carbons (Fsp3) is 0.625. The molecule has 0 aromatic rings. The van der Waals surface area contributed by atoms with Crippen molar-refractivity contribution in [1.29, 1.82) is 0 Å². The van der Waals surface area contributed by atoms with Gasteiger partial charge in [0.2, 0.25) is 0 Å². The third-order valence-corrected chi connectivity index (χ3v) is 2.68. The van der Waals surface area contributed by atoms with E-state index in [1.807, 2.05) is 12.2 Å². The molecule has 0 atom stereocenters. The van der Waals surface area contributed by atoms with Gasteiger partial charge in [-0.1, -0.05) is 24.1 Å². The lowest BCUT2D eigenvalue weighted by Crippen LogP contribution is -2.36. The van der Waals surface area contributed by atoms with Crippen LogP contribution in [-0.4, -0.2) is 58.9 Å². The SMILES string of the molecule is C#CC=CC=CCCNCCNCCNCCNCCN. The molecule has 0 aliphatic rings. The summed E-state index contributed by atoms with van der Waals surface area (Å²) in [5, 5.41) is 13.4. The Morgan fingerprint density at radius 1 is 0.762 bits per heavy atom. The minimum Gasteiger partial charge on any atom is -0.329 e. The van der Waals surface area contributed by atoms with Crippen LogP contribution in [0.25, 0.3) is 0 Å². The van der Waals surface area contributed by atoms with Crippen LogP contribution in [0.4, 0.5) is 0 Å². The van der Waals surface area contributed by atoms with E-state index >= 15 is 0 Å². The number of nitrogens with two attached hydrogens (primary N) is 1. The summed E-state index contributed by atoms with van der Waals surface area (Å²) >= 11 is 0. The molecule has 0 radical (unpaired) electrons. The van der Waals surface area contributed by atoms with E-state index in [9.17, 15) is 0 Å².